The normalized spacial score (nSPS) is 20.6. The van der Waals surface area contributed by atoms with Crippen molar-refractivity contribution < 1.29 is 4.74 Å². The first-order valence-corrected chi connectivity index (χ1v) is 7.11. The van der Waals surface area contributed by atoms with E-state index in [1.165, 1.54) is 0 Å². The van der Waals surface area contributed by atoms with Crippen LogP contribution < -0.4 is 15.0 Å². The molecule has 0 bridgehead atoms. The van der Waals surface area contributed by atoms with Gasteiger partial charge in [-0.05, 0) is 26.4 Å². The van der Waals surface area contributed by atoms with Crippen LogP contribution in [0.5, 0.6) is 6.01 Å². The van der Waals surface area contributed by atoms with Crippen molar-refractivity contribution in [1.29, 1.82) is 0 Å². The van der Waals surface area contributed by atoms with E-state index < -0.39 is 0 Å². The van der Waals surface area contributed by atoms with Gasteiger partial charge < -0.3 is 19.9 Å². The Kier molecular flexibility index (Phi) is 4.94. The van der Waals surface area contributed by atoms with E-state index in [1.54, 1.807) is 14.2 Å². The van der Waals surface area contributed by atoms with Crippen LogP contribution in [0, 0.1) is 0 Å². The molecule has 1 fully saturated rings. The monoisotopic (exact) mass is 280 g/mol. The molecule has 1 N–H and O–H groups in total. The number of methoxy groups -OCH3 is 1. The quantitative estimate of drug-likeness (QED) is 0.876. The van der Waals surface area contributed by atoms with Gasteiger partial charge in [0, 0.05) is 26.2 Å². The fourth-order valence-electron chi connectivity index (χ4n) is 2.53. The summed E-state index contributed by atoms with van der Waals surface area (Å²) in [5.41, 5.74) is 0. The molecule has 1 aromatic heterocycles. The van der Waals surface area contributed by atoms with Crippen molar-refractivity contribution in [2.24, 2.45) is 0 Å². The molecule has 20 heavy (non-hydrogen) atoms. The van der Waals surface area contributed by atoms with Crippen molar-refractivity contribution in [3.63, 3.8) is 0 Å². The van der Waals surface area contributed by atoms with Crippen LogP contribution in [0.1, 0.15) is 19.8 Å². The first-order valence-electron chi connectivity index (χ1n) is 7.11. The molecular formula is C13H24N6O. The van der Waals surface area contributed by atoms with Crippen LogP contribution in [0.4, 0.5) is 11.9 Å². The summed E-state index contributed by atoms with van der Waals surface area (Å²) in [4.78, 5) is 17.7. The number of hydrogen-bond acceptors (Lipinski definition) is 7. The molecule has 0 aromatic carbocycles. The van der Waals surface area contributed by atoms with Crippen LogP contribution in [0.3, 0.4) is 0 Å². The zero-order valence-electron chi connectivity index (χ0n) is 12.8. The topological polar surface area (TPSA) is 66.4 Å². The highest BCUT2D eigenvalue weighted by Gasteiger charge is 2.25. The van der Waals surface area contributed by atoms with Crippen LogP contribution in [-0.2, 0) is 0 Å². The Morgan fingerprint density at radius 1 is 1.30 bits per heavy atom. The highest BCUT2D eigenvalue weighted by atomic mass is 16.5. The third-order valence-electron chi connectivity index (χ3n) is 3.64. The van der Waals surface area contributed by atoms with E-state index in [9.17, 15) is 0 Å². The summed E-state index contributed by atoms with van der Waals surface area (Å²) in [7, 11) is 5.54. The number of anilines is 2. The van der Waals surface area contributed by atoms with Gasteiger partial charge in [-0.3, -0.25) is 0 Å². The van der Waals surface area contributed by atoms with Crippen LogP contribution in [0.15, 0.2) is 0 Å². The summed E-state index contributed by atoms with van der Waals surface area (Å²) in [5, 5.41) is 2.96. The van der Waals surface area contributed by atoms with E-state index in [-0.39, 0.29) is 0 Å². The van der Waals surface area contributed by atoms with Crippen molar-refractivity contribution in [2.45, 2.75) is 25.8 Å². The molecule has 0 spiro atoms. The predicted molar refractivity (Wildman–Crippen MR) is 79.5 cm³/mol. The molecular weight excluding hydrogens is 256 g/mol. The molecule has 112 valence electrons. The van der Waals surface area contributed by atoms with E-state index >= 15 is 0 Å². The fourth-order valence-corrected chi connectivity index (χ4v) is 2.53. The molecule has 1 atom stereocenters. The molecule has 1 saturated heterocycles. The van der Waals surface area contributed by atoms with Crippen LogP contribution in [0.2, 0.25) is 0 Å². The Bertz CT molecular complexity index is 419. The van der Waals surface area contributed by atoms with Gasteiger partial charge in [-0.15, -0.1) is 0 Å². The zero-order valence-corrected chi connectivity index (χ0v) is 12.8. The van der Waals surface area contributed by atoms with Crippen molar-refractivity contribution in [1.82, 2.24) is 19.9 Å². The number of nitrogens with zero attached hydrogens (tertiary/aromatic N) is 5. The first kappa shape index (κ1) is 14.8. The molecule has 0 aliphatic carbocycles. The van der Waals surface area contributed by atoms with E-state index in [0.29, 0.717) is 23.9 Å². The molecule has 0 saturated carbocycles. The third-order valence-corrected chi connectivity index (χ3v) is 3.64. The Balaban J connectivity index is 2.31. The second-order valence-electron chi connectivity index (χ2n) is 5.07. The minimum absolute atomic E-state index is 0.354. The van der Waals surface area contributed by atoms with Gasteiger partial charge in [-0.25, -0.2) is 0 Å². The van der Waals surface area contributed by atoms with Crippen LogP contribution in [0.25, 0.3) is 0 Å². The maximum atomic E-state index is 5.17. The molecule has 1 aliphatic heterocycles. The first-order chi connectivity index (χ1) is 9.67. The fraction of sp³-hybridized carbons (Fsp3) is 0.769. The SMILES string of the molecule is CCC1CN(C)CCCN1c1nc(NC)nc(OC)n1. The molecule has 0 amide bonds. The summed E-state index contributed by atoms with van der Waals surface area (Å²) in [5.74, 6) is 1.24. The predicted octanol–water partition coefficient (Wildman–Crippen LogP) is 0.842. The van der Waals surface area contributed by atoms with Gasteiger partial charge in [0.15, 0.2) is 0 Å². The van der Waals surface area contributed by atoms with Gasteiger partial charge in [-0.2, -0.15) is 15.0 Å². The number of hydrogen-bond donors (Lipinski definition) is 1. The van der Waals surface area contributed by atoms with Crippen molar-refractivity contribution in [3.05, 3.63) is 0 Å². The van der Waals surface area contributed by atoms with E-state index in [4.69, 9.17) is 4.74 Å². The lowest BCUT2D eigenvalue weighted by atomic mass is 10.2. The van der Waals surface area contributed by atoms with Crippen molar-refractivity contribution in [2.75, 3.05) is 51.1 Å². The summed E-state index contributed by atoms with van der Waals surface area (Å²) < 4.78 is 5.17. The average molecular weight is 280 g/mol. The largest absolute Gasteiger partial charge is 0.467 e. The Labute approximate surface area is 120 Å². The Morgan fingerprint density at radius 3 is 2.75 bits per heavy atom. The number of aromatic nitrogens is 3. The minimum atomic E-state index is 0.354. The highest BCUT2D eigenvalue weighted by Crippen LogP contribution is 2.21. The number of likely N-dealkylation sites (N-methyl/N-ethyl adjacent to an activating group) is 1. The van der Waals surface area contributed by atoms with Crippen LogP contribution in [-0.4, -0.2) is 66.7 Å². The second kappa shape index (κ2) is 6.69. The Hall–Kier alpha value is -1.63. The second-order valence-corrected chi connectivity index (χ2v) is 5.07. The lowest BCUT2D eigenvalue weighted by Gasteiger charge is -2.30. The lowest BCUT2D eigenvalue weighted by Crippen LogP contribution is -2.41. The van der Waals surface area contributed by atoms with Crippen LogP contribution >= 0.6 is 0 Å². The minimum Gasteiger partial charge on any atom is -0.467 e. The molecule has 7 heteroatoms. The Morgan fingerprint density at radius 2 is 2.10 bits per heavy atom. The summed E-state index contributed by atoms with van der Waals surface area (Å²) in [6, 6.07) is 0.770. The number of nitrogens with one attached hydrogen (secondary N) is 1. The van der Waals surface area contributed by atoms with Crippen molar-refractivity contribution >= 4 is 11.9 Å². The summed E-state index contributed by atoms with van der Waals surface area (Å²) >= 11 is 0. The third kappa shape index (κ3) is 3.27. The maximum Gasteiger partial charge on any atom is 0.322 e. The van der Waals surface area contributed by atoms with Gasteiger partial charge >= 0.3 is 6.01 Å². The molecule has 2 heterocycles. The molecule has 1 unspecified atom stereocenters. The van der Waals surface area contributed by atoms with Gasteiger partial charge in [-0.1, -0.05) is 6.92 Å². The van der Waals surface area contributed by atoms with Crippen molar-refractivity contribution in [3.8, 4) is 6.01 Å². The molecule has 2 rings (SSSR count). The van der Waals surface area contributed by atoms with Gasteiger partial charge in [0.1, 0.15) is 0 Å². The lowest BCUT2D eigenvalue weighted by molar-refractivity contribution is 0.327. The molecule has 7 nitrogen and oxygen atoms in total. The molecule has 1 aliphatic rings. The maximum absolute atomic E-state index is 5.17. The number of rotatable bonds is 4. The highest BCUT2D eigenvalue weighted by molar-refractivity contribution is 5.39. The average Bonchev–Trinajstić information content (AvgIpc) is 2.67. The van der Waals surface area contributed by atoms with E-state index in [1.807, 2.05) is 0 Å². The standard InChI is InChI=1S/C13H24N6O/c1-5-10-9-18(3)7-6-8-19(10)12-15-11(14-2)16-13(17-12)20-4/h10H,5-9H2,1-4H3,(H,14,15,16,17). The summed E-state index contributed by atoms with van der Waals surface area (Å²) in [6.45, 7) is 5.29. The zero-order chi connectivity index (χ0) is 14.5. The molecule has 0 radical (unpaired) electrons. The van der Waals surface area contributed by atoms with Gasteiger partial charge in [0.05, 0.1) is 7.11 Å². The smallest absolute Gasteiger partial charge is 0.322 e. The molecule has 1 aromatic rings. The van der Waals surface area contributed by atoms with Gasteiger partial charge in [0.25, 0.3) is 0 Å². The summed E-state index contributed by atoms with van der Waals surface area (Å²) in [6.07, 6.45) is 2.17. The van der Waals surface area contributed by atoms with E-state index in [2.05, 4.69) is 44.0 Å². The van der Waals surface area contributed by atoms with Gasteiger partial charge in [0.2, 0.25) is 11.9 Å². The number of ether oxygens (including phenoxy) is 1. The van der Waals surface area contributed by atoms with E-state index in [0.717, 1.165) is 32.5 Å².